The zero-order valence-corrected chi connectivity index (χ0v) is 21.1. The van der Waals surface area contributed by atoms with Crippen molar-refractivity contribution in [2.24, 2.45) is 0 Å². The van der Waals surface area contributed by atoms with Crippen LogP contribution in [-0.2, 0) is 6.54 Å². The van der Waals surface area contributed by atoms with E-state index in [1.165, 1.54) is 10.1 Å². The van der Waals surface area contributed by atoms with E-state index in [1.54, 1.807) is 13.2 Å². The summed E-state index contributed by atoms with van der Waals surface area (Å²) in [6.45, 7) is 7.26. The lowest BCUT2D eigenvalue weighted by Crippen LogP contribution is -2.39. The molecule has 5 rings (SSSR count). The number of carbonyl (C=O) groups is 1. The Bertz CT molecular complexity index is 1570. The van der Waals surface area contributed by atoms with E-state index in [-0.39, 0.29) is 22.9 Å². The molecule has 3 aromatic heterocycles. The van der Waals surface area contributed by atoms with Crippen molar-refractivity contribution < 1.29 is 9.53 Å². The van der Waals surface area contributed by atoms with Crippen LogP contribution in [0.5, 0.6) is 5.75 Å². The number of piperidine rings is 1. The van der Waals surface area contributed by atoms with E-state index in [2.05, 4.69) is 27.2 Å². The summed E-state index contributed by atoms with van der Waals surface area (Å²) in [5, 5.41) is 1.32. The van der Waals surface area contributed by atoms with Gasteiger partial charge in [0.05, 0.1) is 18.1 Å². The Hall–Kier alpha value is -3.88. The van der Waals surface area contributed by atoms with Crippen molar-refractivity contribution in [1.29, 1.82) is 0 Å². The zero-order chi connectivity index (χ0) is 25.6. The number of nitrogens with zero attached hydrogens (tertiary/aromatic N) is 3. The van der Waals surface area contributed by atoms with E-state index in [9.17, 15) is 14.4 Å². The number of benzene rings is 1. The molecule has 0 bridgehead atoms. The SMILES string of the molecule is CCn1c(=O)[nH]c(=O)c2c(C(=O)N3CCC(c4c[nH]c5ccc(OC)cc45)CC3)cc(C(C)C)nc21. The van der Waals surface area contributed by atoms with Crippen molar-refractivity contribution in [2.45, 2.75) is 52.0 Å². The van der Waals surface area contributed by atoms with Gasteiger partial charge in [0.1, 0.15) is 5.75 Å². The van der Waals surface area contributed by atoms with Gasteiger partial charge in [0.2, 0.25) is 0 Å². The number of aromatic amines is 2. The average molecular weight is 490 g/mol. The van der Waals surface area contributed by atoms with Gasteiger partial charge in [-0.2, -0.15) is 0 Å². The Kier molecular flexibility index (Phi) is 6.15. The number of carbonyl (C=O) groups excluding carboxylic acids is 1. The molecule has 36 heavy (non-hydrogen) atoms. The van der Waals surface area contributed by atoms with Crippen LogP contribution in [0.1, 0.15) is 67.1 Å². The number of pyridine rings is 1. The van der Waals surface area contributed by atoms with Crippen molar-refractivity contribution in [3.05, 3.63) is 68.1 Å². The maximum Gasteiger partial charge on any atom is 0.329 e. The van der Waals surface area contributed by atoms with Crippen LogP contribution >= 0.6 is 0 Å². The van der Waals surface area contributed by atoms with Crippen molar-refractivity contribution in [2.75, 3.05) is 20.2 Å². The predicted octanol–water partition coefficient (Wildman–Crippen LogP) is 3.74. The molecule has 0 aliphatic carbocycles. The molecule has 1 fully saturated rings. The number of hydrogen-bond acceptors (Lipinski definition) is 5. The first-order chi connectivity index (χ1) is 17.3. The lowest BCUT2D eigenvalue weighted by atomic mass is 9.89. The first-order valence-electron chi connectivity index (χ1n) is 12.4. The van der Waals surface area contributed by atoms with Gasteiger partial charge in [0.15, 0.2) is 5.65 Å². The monoisotopic (exact) mass is 489 g/mol. The molecule has 1 aliphatic heterocycles. The fourth-order valence-electron chi connectivity index (χ4n) is 5.20. The van der Waals surface area contributed by atoms with Crippen LogP contribution < -0.4 is 16.0 Å². The average Bonchev–Trinajstić information content (AvgIpc) is 3.31. The number of aromatic nitrogens is 4. The Balaban J connectivity index is 1.47. The molecule has 0 radical (unpaired) electrons. The number of methoxy groups -OCH3 is 1. The van der Waals surface area contributed by atoms with E-state index < -0.39 is 11.2 Å². The molecule has 9 heteroatoms. The highest BCUT2D eigenvalue weighted by Gasteiger charge is 2.29. The molecule has 1 saturated heterocycles. The number of H-pyrrole nitrogens is 2. The smallest absolute Gasteiger partial charge is 0.329 e. The molecule has 4 aromatic rings. The fraction of sp³-hybridized carbons (Fsp3) is 0.407. The molecular formula is C27H31N5O4. The number of hydrogen-bond donors (Lipinski definition) is 2. The third-order valence-electron chi connectivity index (χ3n) is 7.25. The van der Waals surface area contributed by atoms with Crippen LogP contribution in [0.4, 0.5) is 0 Å². The Morgan fingerprint density at radius 2 is 1.94 bits per heavy atom. The van der Waals surface area contributed by atoms with Gasteiger partial charge < -0.3 is 14.6 Å². The minimum absolute atomic E-state index is 0.0326. The topological polar surface area (TPSA) is 113 Å². The molecule has 0 saturated carbocycles. The third kappa shape index (κ3) is 3.98. The molecule has 0 spiro atoms. The summed E-state index contributed by atoms with van der Waals surface area (Å²) < 4.78 is 6.82. The first-order valence-corrected chi connectivity index (χ1v) is 12.4. The lowest BCUT2D eigenvalue weighted by Gasteiger charge is -2.32. The van der Waals surface area contributed by atoms with Gasteiger partial charge >= 0.3 is 5.69 Å². The van der Waals surface area contributed by atoms with Crippen molar-refractivity contribution in [3.63, 3.8) is 0 Å². The highest BCUT2D eigenvalue weighted by atomic mass is 16.5. The molecule has 188 valence electrons. The van der Waals surface area contributed by atoms with Gasteiger partial charge in [-0.1, -0.05) is 13.8 Å². The Morgan fingerprint density at radius 3 is 2.61 bits per heavy atom. The number of aryl methyl sites for hydroxylation is 1. The van der Waals surface area contributed by atoms with Crippen molar-refractivity contribution in [1.82, 2.24) is 24.4 Å². The number of nitrogens with one attached hydrogen (secondary N) is 2. The molecule has 9 nitrogen and oxygen atoms in total. The summed E-state index contributed by atoms with van der Waals surface area (Å²) in [6, 6.07) is 7.72. The number of ether oxygens (including phenoxy) is 1. The van der Waals surface area contributed by atoms with Crippen LogP contribution in [0, 0.1) is 0 Å². The standard InChI is InChI=1S/C27H31N5O4/c1-5-32-24-23(25(33)30-27(32)35)19(13-22(29-24)15(2)3)26(34)31-10-8-16(9-11-31)20-14-28-21-7-6-17(36-4)12-18(20)21/h6-7,12-16,28H,5,8-11H2,1-4H3,(H,30,33,35). The third-order valence-corrected chi connectivity index (χ3v) is 7.25. The number of rotatable bonds is 5. The normalized spacial score (nSPS) is 14.8. The van der Waals surface area contributed by atoms with Crippen LogP contribution in [0.2, 0.25) is 0 Å². The molecule has 1 amide bonds. The molecule has 4 heterocycles. The second-order valence-corrected chi connectivity index (χ2v) is 9.67. The van der Waals surface area contributed by atoms with Crippen molar-refractivity contribution in [3.8, 4) is 5.75 Å². The maximum atomic E-state index is 13.7. The Labute approximate surface area is 208 Å². The van der Waals surface area contributed by atoms with E-state index >= 15 is 0 Å². The molecule has 0 atom stereocenters. The molecule has 2 N–H and O–H groups in total. The number of fused-ring (bicyclic) bond motifs is 2. The highest BCUT2D eigenvalue weighted by molar-refractivity contribution is 6.05. The molecular weight excluding hydrogens is 458 g/mol. The Morgan fingerprint density at radius 1 is 1.19 bits per heavy atom. The van der Waals surface area contributed by atoms with Crippen LogP contribution in [0.15, 0.2) is 40.1 Å². The fourth-order valence-corrected chi connectivity index (χ4v) is 5.20. The van der Waals surface area contributed by atoms with Gasteiger partial charge in [-0.3, -0.25) is 19.1 Å². The molecule has 1 aliphatic rings. The van der Waals surface area contributed by atoms with Gasteiger partial charge in [0, 0.05) is 42.4 Å². The minimum atomic E-state index is -0.575. The highest BCUT2D eigenvalue weighted by Crippen LogP contribution is 2.35. The predicted molar refractivity (Wildman–Crippen MR) is 139 cm³/mol. The van der Waals surface area contributed by atoms with Crippen molar-refractivity contribution >= 4 is 27.8 Å². The van der Waals surface area contributed by atoms with Crippen LogP contribution in [0.25, 0.3) is 21.9 Å². The molecule has 0 unspecified atom stereocenters. The van der Waals surface area contributed by atoms with E-state index in [1.807, 2.05) is 37.8 Å². The van der Waals surface area contributed by atoms with E-state index in [0.717, 1.165) is 29.5 Å². The summed E-state index contributed by atoms with van der Waals surface area (Å²) in [4.78, 5) is 51.1. The summed E-state index contributed by atoms with van der Waals surface area (Å²) in [7, 11) is 1.66. The second kappa shape index (κ2) is 9.29. The lowest BCUT2D eigenvalue weighted by molar-refractivity contribution is 0.0715. The first kappa shape index (κ1) is 23.8. The maximum absolute atomic E-state index is 13.7. The van der Waals surface area contributed by atoms with Gasteiger partial charge in [0.25, 0.3) is 11.5 Å². The van der Waals surface area contributed by atoms with E-state index in [0.29, 0.717) is 36.8 Å². The quantitative estimate of drug-likeness (QED) is 0.443. The molecule has 1 aromatic carbocycles. The zero-order valence-electron chi connectivity index (χ0n) is 21.1. The van der Waals surface area contributed by atoms with Crippen LogP contribution in [-0.4, -0.2) is 50.5 Å². The van der Waals surface area contributed by atoms with Crippen LogP contribution in [0.3, 0.4) is 0 Å². The summed E-state index contributed by atoms with van der Waals surface area (Å²) in [5.41, 5.74) is 2.46. The van der Waals surface area contributed by atoms with Gasteiger partial charge in [-0.05, 0) is 61.4 Å². The largest absolute Gasteiger partial charge is 0.497 e. The number of amides is 1. The van der Waals surface area contributed by atoms with E-state index in [4.69, 9.17) is 4.74 Å². The van der Waals surface area contributed by atoms with Gasteiger partial charge in [-0.15, -0.1) is 0 Å². The minimum Gasteiger partial charge on any atom is -0.497 e. The summed E-state index contributed by atoms with van der Waals surface area (Å²) in [6.07, 6.45) is 3.68. The summed E-state index contributed by atoms with van der Waals surface area (Å²) >= 11 is 0. The summed E-state index contributed by atoms with van der Waals surface area (Å²) in [5.74, 6) is 0.960. The van der Waals surface area contributed by atoms with Gasteiger partial charge in [-0.25, -0.2) is 9.78 Å². The second-order valence-electron chi connectivity index (χ2n) is 9.67. The number of likely N-dealkylation sites (tertiary alicyclic amines) is 1.